The molecule has 0 amide bonds. The number of fused-ring (bicyclic) bond motifs is 1. The van der Waals surface area contributed by atoms with E-state index in [0.717, 1.165) is 6.66 Å². The van der Waals surface area contributed by atoms with Crippen LogP contribution in [0.25, 0.3) is 11.2 Å². The lowest BCUT2D eigenvalue weighted by Gasteiger charge is -2.29. The highest BCUT2D eigenvalue weighted by atomic mass is 31.2. The summed E-state index contributed by atoms with van der Waals surface area (Å²) in [5.41, 5.74) is 5.42. The third-order valence-electron chi connectivity index (χ3n) is 5.12. The normalized spacial score (nSPS) is 36.0. The first-order valence-corrected chi connectivity index (χ1v) is 12.3. The van der Waals surface area contributed by atoms with E-state index >= 15 is 0 Å². The van der Waals surface area contributed by atoms with E-state index in [1.54, 1.807) is 0 Å². The Bertz CT molecular complexity index is 1020. The number of hydrogen-bond donors (Lipinski definition) is 2. The van der Waals surface area contributed by atoms with Gasteiger partial charge >= 0.3 is 0 Å². The zero-order valence-corrected chi connectivity index (χ0v) is 17.2. The van der Waals surface area contributed by atoms with Gasteiger partial charge in [0.25, 0.3) is 0 Å². The van der Waals surface area contributed by atoms with E-state index in [1.807, 2.05) is 0 Å². The number of rotatable bonds is 6. The molecule has 1 aliphatic carbocycles. The van der Waals surface area contributed by atoms with Gasteiger partial charge in [0.1, 0.15) is 39.2 Å². The number of anilines is 1. The summed E-state index contributed by atoms with van der Waals surface area (Å²) in [5, 5.41) is 0. The molecule has 2 aromatic heterocycles. The maximum absolute atomic E-state index is 11.8. The van der Waals surface area contributed by atoms with Crippen LogP contribution >= 0.6 is 15.2 Å². The van der Waals surface area contributed by atoms with Crippen LogP contribution in [0.5, 0.6) is 0 Å². The van der Waals surface area contributed by atoms with Crippen LogP contribution in [0.3, 0.4) is 0 Å². The van der Waals surface area contributed by atoms with Crippen molar-refractivity contribution in [2.24, 2.45) is 5.92 Å². The highest BCUT2D eigenvalue weighted by Crippen LogP contribution is 2.60. The summed E-state index contributed by atoms with van der Waals surface area (Å²) in [5.74, 6) is -0.491. The molecule has 0 bridgehead atoms. The Balaban J connectivity index is 1.72. The van der Waals surface area contributed by atoms with Crippen molar-refractivity contribution in [1.82, 2.24) is 19.5 Å². The van der Waals surface area contributed by atoms with Crippen molar-refractivity contribution >= 4 is 32.2 Å². The largest absolute Gasteiger partial charge is 0.779 e. The second kappa shape index (κ2) is 7.07. The average molecular weight is 447 g/mol. The van der Waals surface area contributed by atoms with Crippen LogP contribution in [0.1, 0.15) is 12.6 Å². The van der Waals surface area contributed by atoms with Gasteiger partial charge in [-0.3, -0.25) is 4.57 Å². The molecule has 3 heterocycles. The second-order valence-corrected chi connectivity index (χ2v) is 10.7. The molecule has 13 nitrogen and oxygen atoms in total. The van der Waals surface area contributed by atoms with Crippen molar-refractivity contribution < 1.29 is 37.8 Å². The van der Waals surface area contributed by atoms with Crippen molar-refractivity contribution in [3.8, 4) is 0 Å². The molecule has 1 saturated carbocycles. The number of nitrogens with zero attached hydrogens (tertiary/aromatic N) is 4. The summed E-state index contributed by atoms with van der Waals surface area (Å²) in [6.45, 7) is 0.902. The maximum atomic E-state index is 11.8. The van der Waals surface area contributed by atoms with Gasteiger partial charge in [0.2, 0.25) is 0 Å². The third-order valence-corrected chi connectivity index (χ3v) is 7.18. The average Bonchev–Trinajstić information content (AvgIpc) is 3.18. The molecule has 3 N–H and O–H groups in total. The van der Waals surface area contributed by atoms with Gasteiger partial charge in [-0.05, 0) is 12.3 Å². The fourth-order valence-corrected chi connectivity index (χ4v) is 5.66. The van der Waals surface area contributed by atoms with Crippen LogP contribution in [0.2, 0.25) is 0 Å². The fraction of sp³-hybridized carbons (Fsp3) is 0.643. The molecule has 2 aliphatic rings. The van der Waals surface area contributed by atoms with E-state index in [1.165, 1.54) is 24.3 Å². The first-order valence-electron chi connectivity index (χ1n) is 8.63. The van der Waals surface area contributed by atoms with Crippen molar-refractivity contribution in [3.05, 3.63) is 12.7 Å². The monoisotopic (exact) mass is 447 g/mol. The number of aromatic nitrogens is 4. The Labute approximate surface area is 164 Å². The fourth-order valence-electron chi connectivity index (χ4n) is 3.81. The second-order valence-electron chi connectivity index (χ2n) is 7.15. The van der Waals surface area contributed by atoms with E-state index in [4.69, 9.17) is 19.7 Å². The van der Waals surface area contributed by atoms with Crippen molar-refractivity contribution in [2.75, 3.05) is 19.5 Å². The Morgan fingerprint density at radius 3 is 2.62 bits per heavy atom. The van der Waals surface area contributed by atoms with E-state index < -0.39 is 51.3 Å². The van der Waals surface area contributed by atoms with Gasteiger partial charge in [0.05, 0.1) is 12.4 Å². The Morgan fingerprint density at radius 1 is 1.31 bits per heavy atom. The number of nitrogen functional groups attached to an aromatic ring is 1. The highest BCUT2D eigenvalue weighted by molar-refractivity contribution is 7.51. The van der Waals surface area contributed by atoms with Gasteiger partial charge in [-0.15, -0.1) is 0 Å². The van der Waals surface area contributed by atoms with Crippen molar-refractivity contribution in [2.45, 2.75) is 36.6 Å². The molecule has 15 heteroatoms. The zero-order chi connectivity index (χ0) is 21.1. The molecule has 4 unspecified atom stereocenters. The lowest BCUT2D eigenvalue weighted by atomic mass is 10.1. The molecule has 4 rings (SSSR count). The quantitative estimate of drug-likeness (QED) is 0.504. The summed E-state index contributed by atoms with van der Waals surface area (Å²) < 4.78 is 41.6. The molecule has 0 radical (unpaired) electrons. The summed E-state index contributed by atoms with van der Waals surface area (Å²) in [7, 11) is -7.47. The molecule has 2 aromatic rings. The van der Waals surface area contributed by atoms with E-state index in [9.17, 15) is 23.8 Å². The van der Waals surface area contributed by atoms with Crippen LogP contribution in [-0.2, 0) is 23.1 Å². The number of ether oxygens (including phenoxy) is 2. The first kappa shape index (κ1) is 20.8. The molecular formula is C14H19N5O8P2-2. The lowest BCUT2D eigenvalue weighted by Crippen LogP contribution is -2.37. The molecule has 1 saturated heterocycles. The molecule has 2 fully saturated rings. The predicted octanol–water partition coefficient (Wildman–Crippen LogP) is -1.18. The number of imidazole rings is 1. The minimum absolute atomic E-state index is 0.123. The third kappa shape index (κ3) is 3.85. The first-order chi connectivity index (χ1) is 13.5. The molecule has 29 heavy (non-hydrogen) atoms. The van der Waals surface area contributed by atoms with Crippen molar-refractivity contribution in [1.29, 1.82) is 0 Å². The highest BCUT2D eigenvalue weighted by Gasteiger charge is 2.59. The molecule has 8 atom stereocenters. The minimum atomic E-state index is -4.60. The number of hydrogen-bond acceptors (Lipinski definition) is 11. The smallest absolute Gasteiger partial charge is 0.167 e. The molecule has 0 aromatic carbocycles. The van der Waals surface area contributed by atoms with Gasteiger partial charge in [0, 0.05) is 19.4 Å². The van der Waals surface area contributed by atoms with Gasteiger partial charge in [0.15, 0.2) is 17.7 Å². The van der Waals surface area contributed by atoms with Gasteiger partial charge in [-0.2, -0.15) is 0 Å². The lowest BCUT2D eigenvalue weighted by molar-refractivity contribution is -0.205. The van der Waals surface area contributed by atoms with Crippen LogP contribution in [0, 0.1) is 5.92 Å². The van der Waals surface area contributed by atoms with Crippen LogP contribution < -0.4 is 15.5 Å². The minimum Gasteiger partial charge on any atom is -0.779 e. The molecule has 0 spiro atoms. The SMILES string of the molecule is CO[C@H]1[C@@H](OP(C)(=O)[O-])[C@@H](C2CC2P(=O)([O-])O)O[C@H]1n1cnc2c(N)ncnc21. The Hall–Kier alpha value is -1.43. The van der Waals surface area contributed by atoms with Gasteiger partial charge in [-0.25, -0.2) is 15.0 Å². The topological polar surface area (TPSA) is 198 Å². The van der Waals surface area contributed by atoms with E-state index in [-0.39, 0.29) is 12.2 Å². The predicted molar refractivity (Wildman–Crippen MR) is 94.6 cm³/mol. The van der Waals surface area contributed by atoms with E-state index in [0.29, 0.717) is 11.2 Å². The van der Waals surface area contributed by atoms with E-state index in [2.05, 4.69) is 15.0 Å². The van der Waals surface area contributed by atoms with Crippen LogP contribution in [0.4, 0.5) is 5.82 Å². The van der Waals surface area contributed by atoms with Crippen LogP contribution in [0.15, 0.2) is 12.7 Å². The summed E-state index contributed by atoms with van der Waals surface area (Å²) in [6, 6.07) is 0. The summed E-state index contributed by atoms with van der Waals surface area (Å²) in [6.07, 6.45) is -1.18. The number of nitrogens with two attached hydrogens (primary N) is 1. The summed E-state index contributed by atoms with van der Waals surface area (Å²) in [4.78, 5) is 44.9. The molecular weight excluding hydrogens is 428 g/mol. The standard InChI is InChI=1S/C14H21N5O8P2/c1-25-11-10(27-28(2,20)21)9(6-3-7(6)29(22,23)24)26-14(11)19-5-18-8-12(15)16-4-17-13(8)19/h4-7,9-11,14H,3H2,1-2H3,(H,20,21)(H2,15,16,17)(H2,22,23,24)/p-2/t6?,7?,9-,10+,11+,14-/m1/s1. The summed E-state index contributed by atoms with van der Waals surface area (Å²) >= 11 is 0. The Morgan fingerprint density at radius 2 is 2.03 bits per heavy atom. The Kier molecular flexibility index (Phi) is 5.08. The zero-order valence-electron chi connectivity index (χ0n) is 15.4. The molecule has 160 valence electrons. The van der Waals surface area contributed by atoms with Crippen molar-refractivity contribution in [3.63, 3.8) is 0 Å². The number of methoxy groups -OCH3 is 1. The maximum Gasteiger partial charge on any atom is 0.167 e. The molecule has 1 aliphatic heterocycles. The van der Waals surface area contributed by atoms with Gasteiger partial charge < -0.3 is 43.5 Å². The van der Waals surface area contributed by atoms with Gasteiger partial charge in [-0.1, -0.05) is 0 Å². The van der Waals surface area contributed by atoms with Crippen LogP contribution in [-0.4, -0.2) is 62.2 Å².